The van der Waals surface area contributed by atoms with E-state index in [1.807, 2.05) is 43.5 Å². The van der Waals surface area contributed by atoms with E-state index in [1.165, 1.54) is 0 Å². The number of para-hydroxylation sites is 1. The number of aliphatic imine (C=N–C) groups is 1. The van der Waals surface area contributed by atoms with Crippen molar-refractivity contribution in [1.82, 2.24) is 0 Å². The van der Waals surface area contributed by atoms with E-state index in [9.17, 15) is 0 Å². The van der Waals surface area contributed by atoms with E-state index in [-0.39, 0.29) is 17.9 Å². The fraction of sp³-hybridized carbons (Fsp3) is 0.417. The summed E-state index contributed by atoms with van der Waals surface area (Å²) in [5.41, 5.74) is 6.71. The standard InChI is InChI=1S/C12H19N3OS/c1-9(11(8-16)17-2)14-12(13)15-10-6-4-3-5-7-10/h3-7,9,11,16H,8H2,1-2H3,(H3,13,14,15). The van der Waals surface area contributed by atoms with Gasteiger partial charge >= 0.3 is 0 Å². The molecule has 0 fully saturated rings. The monoisotopic (exact) mass is 253 g/mol. The summed E-state index contributed by atoms with van der Waals surface area (Å²) >= 11 is 1.59. The van der Waals surface area contributed by atoms with Crippen LogP contribution in [-0.2, 0) is 0 Å². The average molecular weight is 253 g/mol. The lowest BCUT2D eigenvalue weighted by Gasteiger charge is -2.17. The van der Waals surface area contributed by atoms with E-state index in [2.05, 4.69) is 10.3 Å². The van der Waals surface area contributed by atoms with Crippen LogP contribution in [-0.4, -0.2) is 35.2 Å². The highest BCUT2D eigenvalue weighted by molar-refractivity contribution is 7.99. The van der Waals surface area contributed by atoms with Gasteiger partial charge in [0.25, 0.3) is 0 Å². The Morgan fingerprint density at radius 3 is 2.65 bits per heavy atom. The van der Waals surface area contributed by atoms with E-state index >= 15 is 0 Å². The predicted octanol–water partition coefficient (Wildman–Crippen LogP) is 1.53. The molecule has 0 aliphatic rings. The summed E-state index contributed by atoms with van der Waals surface area (Å²) < 4.78 is 0. The fourth-order valence-electron chi connectivity index (χ4n) is 1.43. The molecule has 5 heteroatoms. The molecule has 1 aromatic rings. The molecule has 0 saturated carbocycles. The SMILES string of the molecule is CSC(CO)C(C)N=C(N)Nc1ccccc1. The molecule has 4 N–H and O–H groups in total. The van der Waals surface area contributed by atoms with Gasteiger partial charge in [-0.1, -0.05) is 18.2 Å². The lowest BCUT2D eigenvalue weighted by molar-refractivity contribution is 0.286. The van der Waals surface area contributed by atoms with Crippen molar-refractivity contribution in [3.8, 4) is 0 Å². The molecule has 1 aromatic carbocycles. The molecule has 4 nitrogen and oxygen atoms in total. The largest absolute Gasteiger partial charge is 0.395 e. The van der Waals surface area contributed by atoms with Crippen molar-refractivity contribution in [2.75, 3.05) is 18.2 Å². The number of nitrogens with one attached hydrogen (secondary N) is 1. The van der Waals surface area contributed by atoms with Crippen LogP contribution in [0.5, 0.6) is 0 Å². The Bertz CT molecular complexity index is 352. The normalized spacial score (nSPS) is 15.4. The van der Waals surface area contributed by atoms with Crippen LogP contribution in [0.25, 0.3) is 0 Å². The molecule has 0 spiro atoms. The van der Waals surface area contributed by atoms with Gasteiger partial charge in [-0.15, -0.1) is 0 Å². The zero-order chi connectivity index (χ0) is 12.7. The third kappa shape index (κ3) is 4.66. The first-order valence-corrected chi connectivity index (χ1v) is 6.75. The number of benzene rings is 1. The van der Waals surface area contributed by atoms with Gasteiger partial charge in [-0.05, 0) is 25.3 Å². The second-order valence-electron chi connectivity index (χ2n) is 3.70. The first kappa shape index (κ1) is 13.9. The summed E-state index contributed by atoms with van der Waals surface area (Å²) in [5.74, 6) is 0.371. The molecule has 2 atom stereocenters. The van der Waals surface area contributed by atoms with Crippen molar-refractivity contribution in [1.29, 1.82) is 0 Å². The van der Waals surface area contributed by atoms with Gasteiger partial charge in [0.05, 0.1) is 12.6 Å². The Labute approximate surface area is 106 Å². The van der Waals surface area contributed by atoms with Gasteiger partial charge in [-0.3, -0.25) is 0 Å². The van der Waals surface area contributed by atoms with Crippen LogP contribution in [0.3, 0.4) is 0 Å². The topological polar surface area (TPSA) is 70.6 Å². The van der Waals surface area contributed by atoms with Crippen molar-refractivity contribution in [2.45, 2.75) is 18.2 Å². The second kappa shape index (κ2) is 7.19. The van der Waals surface area contributed by atoms with Crippen LogP contribution in [0.2, 0.25) is 0 Å². The molecule has 0 amide bonds. The summed E-state index contributed by atoms with van der Waals surface area (Å²) in [6, 6.07) is 9.62. The lowest BCUT2D eigenvalue weighted by Crippen LogP contribution is -2.29. The molecule has 2 unspecified atom stereocenters. The first-order valence-electron chi connectivity index (χ1n) is 5.46. The number of nitrogens with zero attached hydrogens (tertiary/aromatic N) is 1. The minimum atomic E-state index is -0.0220. The molecule has 0 saturated heterocycles. The minimum Gasteiger partial charge on any atom is -0.395 e. The maximum Gasteiger partial charge on any atom is 0.193 e. The molecule has 0 radical (unpaired) electrons. The van der Waals surface area contributed by atoms with Gasteiger partial charge in [-0.25, -0.2) is 4.99 Å². The highest BCUT2D eigenvalue weighted by Crippen LogP contribution is 2.13. The third-order valence-corrected chi connectivity index (χ3v) is 3.56. The molecule has 0 aliphatic carbocycles. The van der Waals surface area contributed by atoms with E-state index in [0.29, 0.717) is 5.96 Å². The molecule has 0 aliphatic heterocycles. The van der Waals surface area contributed by atoms with Gasteiger partial charge < -0.3 is 16.2 Å². The molecule has 0 aromatic heterocycles. The first-order chi connectivity index (χ1) is 8.17. The van der Waals surface area contributed by atoms with Crippen molar-refractivity contribution in [3.05, 3.63) is 30.3 Å². The van der Waals surface area contributed by atoms with Crippen molar-refractivity contribution >= 4 is 23.4 Å². The highest BCUT2D eigenvalue weighted by Gasteiger charge is 2.14. The highest BCUT2D eigenvalue weighted by atomic mass is 32.2. The van der Waals surface area contributed by atoms with E-state index in [4.69, 9.17) is 10.8 Å². The third-order valence-electron chi connectivity index (χ3n) is 2.41. The smallest absolute Gasteiger partial charge is 0.193 e. The van der Waals surface area contributed by atoms with Crippen molar-refractivity contribution in [2.24, 2.45) is 10.7 Å². The summed E-state index contributed by atoms with van der Waals surface area (Å²) in [6.07, 6.45) is 1.95. The Balaban J connectivity index is 2.60. The van der Waals surface area contributed by atoms with Gasteiger partial charge in [-0.2, -0.15) is 11.8 Å². The quantitative estimate of drug-likeness (QED) is 0.550. The second-order valence-corrected chi connectivity index (χ2v) is 4.78. The fourth-order valence-corrected chi connectivity index (χ4v) is 2.03. The number of guanidine groups is 1. The molecular weight excluding hydrogens is 234 g/mol. The van der Waals surface area contributed by atoms with Crippen LogP contribution in [0, 0.1) is 0 Å². The van der Waals surface area contributed by atoms with Crippen LogP contribution < -0.4 is 11.1 Å². The summed E-state index contributed by atoms with van der Waals surface area (Å²) in [5, 5.41) is 12.2. The van der Waals surface area contributed by atoms with Gasteiger partial charge in [0, 0.05) is 10.9 Å². The Morgan fingerprint density at radius 2 is 2.12 bits per heavy atom. The predicted molar refractivity (Wildman–Crippen MR) is 75.5 cm³/mol. The van der Waals surface area contributed by atoms with Crippen molar-refractivity contribution in [3.63, 3.8) is 0 Å². The molecule has 0 bridgehead atoms. The summed E-state index contributed by atoms with van der Waals surface area (Å²) in [6.45, 7) is 2.04. The number of hydrogen-bond donors (Lipinski definition) is 3. The lowest BCUT2D eigenvalue weighted by atomic mass is 10.2. The van der Waals surface area contributed by atoms with E-state index < -0.39 is 0 Å². The average Bonchev–Trinajstić information content (AvgIpc) is 2.31. The van der Waals surface area contributed by atoms with Crippen molar-refractivity contribution < 1.29 is 5.11 Å². The maximum absolute atomic E-state index is 9.15. The Kier molecular flexibility index (Phi) is 5.86. The van der Waals surface area contributed by atoms with Crippen LogP contribution >= 0.6 is 11.8 Å². The zero-order valence-electron chi connectivity index (χ0n) is 10.1. The number of aliphatic hydroxyl groups excluding tert-OH is 1. The van der Waals surface area contributed by atoms with Crippen LogP contribution in [0.4, 0.5) is 5.69 Å². The molecule has 0 heterocycles. The molecule has 1 rings (SSSR count). The van der Waals surface area contributed by atoms with Crippen LogP contribution in [0.15, 0.2) is 35.3 Å². The number of hydrogen-bond acceptors (Lipinski definition) is 3. The summed E-state index contributed by atoms with van der Waals surface area (Å²) in [4.78, 5) is 4.32. The van der Waals surface area contributed by atoms with E-state index in [0.717, 1.165) is 5.69 Å². The molecule has 17 heavy (non-hydrogen) atoms. The van der Waals surface area contributed by atoms with E-state index in [1.54, 1.807) is 11.8 Å². The Hall–Kier alpha value is -1.20. The van der Waals surface area contributed by atoms with Crippen LogP contribution in [0.1, 0.15) is 6.92 Å². The van der Waals surface area contributed by atoms with Gasteiger partial charge in [0.2, 0.25) is 0 Å². The summed E-state index contributed by atoms with van der Waals surface area (Å²) in [7, 11) is 0. The number of rotatable bonds is 5. The van der Waals surface area contributed by atoms with Gasteiger partial charge in [0.1, 0.15) is 0 Å². The molecule has 94 valence electrons. The molecular formula is C12H19N3OS. The number of nitrogens with two attached hydrogens (primary N) is 1. The number of anilines is 1. The number of aliphatic hydroxyl groups is 1. The van der Waals surface area contributed by atoms with Gasteiger partial charge in [0.15, 0.2) is 5.96 Å². The maximum atomic E-state index is 9.15. The zero-order valence-corrected chi connectivity index (χ0v) is 10.9. The Morgan fingerprint density at radius 1 is 1.47 bits per heavy atom. The number of thioether (sulfide) groups is 1. The minimum absolute atomic E-state index is 0.0220.